The minimum absolute atomic E-state index is 0.0174. The summed E-state index contributed by atoms with van der Waals surface area (Å²) < 4.78 is 5.81. The van der Waals surface area contributed by atoms with Crippen LogP contribution in [0.5, 0.6) is 0 Å². The van der Waals surface area contributed by atoms with Crippen molar-refractivity contribution in [3.8, 4) is 0 Å². The number of carbonyl (C=O) groups excluding carboxylic acids is 2. The smallest absolute Gasteiger partial charge is 0.239 e. The Labute approximate surface area is 167 Å². The highest BCUT2D eigenvalue weighted by molar-refractivity contribution is 5.98. The van der Waals surface area contributed by atoms with E-state index in [0.29, 0.717) is 25.6 Å². The van der Waals surface area contributed by atoms with Crippen LogP contribution in [-0.2, 0) is 14.3 Å². The summed E-state index contributed by atoms with van der Waals surface area (Å²) in [5.41, 5.74) is 1.64. The van der Waals surface area contributed by atoms with Gasteiger partial charge in [-0.1, -0.05) is 32.9 Å². The van der Waals surface area contributed by atoms with Crippen molar-refractivity contribution < 1.29 is 14.3 Å². The number of benzene rings is 1. The fraction of sp³-hybridized carbons (Fsp3) is 0.619. The molecule has 2 unspecified atom stereocenters. The minimum atomic E-state index is -0.188. The Hall–Kier alpha value is -2.12. The number of carbonyl (C=O) groups is 2. The van der Waals surface area contributed by atoms with Gasteiger partial charge in [-0.05, 0) is 18.1 Å². The number of nitrogens with one attached hydrogen (secondary N) is 2. The van der Waals surface area contributed by atoms with E-state index < -0.39 is 0 Å². The average Bonchev–Trinajstić information content (AvgIpc) is 2.77. The molecule has 0 bridgehead atoms. The highest BCUT2D eigenvalue weighted by Crippen LogP contribution is 2.29. The number of para-hydroxylation sites is 2. The third-order valence-corrected chi connectivity index (χ3v) is 5.15. The van der Waals surface area contributed by atoms with E-state index in [2.05, 4.69) is 29.4 Å². The van der Waals surface area contributed by atoms with Gasteiger partial charge in [0, 0.05) is 32.7 Å². The van der Waals surface area contributed by atoms with E-state index in [4.69, 9.17) is 4.74 Å². The van der Waals surface area contributed by atoms with Gasteiger partial charge in [-0.3, -0.25) is 14.5 Å². The number of fused-ring (bicyclic) bond motifs is 1. The number of rotatable bonds is 6. The molecule has 1 aromatic carbocycles. The van der Waals surface area contributed by atoms with Crippen LogP contribution in [0.4, 0.5) is 11.4 Å². The molecule has 2 amide bonds. The van der Waals surface area contributed by atoms with Crippen molar-refractivity contribution in [2.45, 2.75) is 26.9 Å². The van der Waals surface area contributed by atoms with Crippen LogP contribution >= 0.6 is 0 Å². The maximum atomic E-state index is 12.6. The van der Waals surface area contributed by atoms with Crippen LogP contribution in [-0.4, -0.2) is 68.7 Å². The second-order valence-electron chi connectivity index (χ2n) is 8.24. The van der Waals surface area contributed by atoms with E-state index in [-0.39, 0.29) is 30.4 Å². The molecule has 7 heteroatoms. The van der Waals surface area contributed by atoms with Crippen LogP contribution in [0.3, 0.4) is 0 Å². The molecule has 1 saturated heterocycles. The molecule has 0 aliphatic carbocycles. The van der Waals surface area contributed by atoms with Gasteiger partial charge in [0.2, 0.25) is 11.8 Å². The first-order valence-corrected chi connectivity index (χ1v) is 10.2. The Balaban J connectivity index is 1.55. The number of ether oxygens (including phenoxy) is 1. The normalized spacial score (nSPS) is 23.1. The third kappa shape index (κ3) is 5.45. The van der Waals surface area contributed by atoms with Crippen LogP contribution in [0, 0.1) is 11.8 Å². The first-order chi connectivity index (χ1) is 13.4. The molecule has 0 aromatic heterocycles. The van der Waals surface area contributed by atoms with Crippen LogP contribution in [0.2, 0.25) is 0 Å². The lowest BCUT2D eigenvalue weighted by atomic mass is 10.1. The zero-order chi connectivity index (χ0) is 20.1. The van der Waals surface area contributed by atoms with Crippen molar-refractivity contribution in [3.05, 3.63) is 24.3 Å². The van der Waals surface area contributed by atoms with Crippen molar-refractivity contribution in [2.75, 3.05) is 56.1 Å². The molecule has 2 heterocycles. The summed E-state index contributed by atoms with van der Waals surface area (Å²) >= 11 is 0. The van der Waals surface area contributed by atoms with E-state index in [1.54, 1.807) is 0 Å². The lowest BCUT2D eigenvalue weighted by Gasteiger charge is -2.34. The van der Waals surface area contributed by atoms with E-state index in [1.807, 2.05) is 36.1 Å². The van der Waals surface area contributed by atoms with Crippen LogP contribution < -0.4 is 15.5 Å². The number of nitrogens with zero attached hydrogens (tertiary/aromatic N) is 2. The van der Waals surface area contributed by atoms with E-state index >= 15 is 0 Å². The molecule has 1 fully saturated rings. The predicted octanol–water partition coefficient (Wildman–Crippen LogP) is 1.55. The summed E-state index contributed by atoms with van der Waals surface area (Å²) in [5, 5.41) is 5.95. The predicted molar refractivity (Wildman–Crippen MR) is 110 cm³/mol. The molecular weight excluding hydrogens is 356 g/mol. The van der Waals surface area contributed by atoms with Crippen molar-refractivity contribution in [1.82, 2.24) is 10.2 Å². The molecule has 3 rings (SSSR count). The Morgan fingerprint density at radius 1 is 1.32 bits per heavy atom. The zero-order valence-corrected chi connectivity index (χ0v) is 17.1. The fourth-order valence-electron chi connectivity index (χ4n) is 3.82. The van der Waals surface area contributed by atoms with Crippen LogP contribution in [0.15, 0.2) is 24.3 Å². The Bertz CT molecular complexity index is 694. The number of morpholine rings is 1. The quantitative estimate of drug-likeness (QED) is 0.774. The zero-order valence-electron chi connectivity index (χ0n) is 17.1. The Morgan fingerprint density at radius 3 is 2.89 bits per heavy atom. The molecule has 154 valence electrons. The van der Waals surface area contributed by atoms with Crippen molar-refractivity contribution in [3.63, 3.8) is 0 Å². The molecule has 0 spiro atoms. The average molecular weight is 389 g/mol. The highest BCUT2D eigenvalue weighted by atomic mass is 16.5. The summed E-state index contributed by atoms with van der Waals surface area (Å²) in [4.78, 5) is 29.2. The van der Waals surface area contributed by atoms with Crippen molar-refractivity contribution in [1.29, 1.82) is 0 Å². The summed E-state index contributed by atoms with van der Waals surface area (Å²) in [6.07, 6.45) is 0.0232. The fourth-order valence-corrected chi connectivity index (χ4v) is 3.82. The monoisotopic (exact) mass is 388 g/mol. The van der Waals surface area contributed by atoms with E-state index in [9.17, 15) is 9.59 Å². The van der Waals surface area contributed by atoms with Gasteiger partial charge in [0.1, 0.15) is 0 Å². The molecule has 1 aromatic rings. The maximum Gasteiger partial charge on any atom is 0.239 e. The van der Waals surface area contributed by atoms with Gasteiger partial charge in [-0.15, -0.1) is 0 Å². The molecule has 2 N–H and O–H groups in total. The Morgan fingerprint density at radius 2 is 2.11 bits per heavy atom. The lowest BCUT2D eigenvalue weighted by molar-refractivity contribution is -0.121. The summed E-state index contributed by atoms with van der Waals surface area (Å²) in [5.74, 6) is 0.360. The Kier molecular flexibility index (Phi) is 6.91. The first-order valence-electron chi connectivity index (χ1n) is 10.2. The molecule has 0 radical (unpaired) electrons. The van der Waals surface area contributed by atoms with Gasteiger partial charge in [0.15, 0.2) is 0 Å². The molecule has 7 nitrogen and oxygen atoms in total. The summed E-state index contributed by atoms with van der Waals surface area (Å²) in [7, 11) is 0. The van der Waals surface area contributed by atoms with Gasteiger partial charge >= 0.3 is 0 Å². The minimum Gasteiger partial charge on any atom is -0.374 e. The lowest BCUT2D eigenvalue weighted by Crippen LogP contribution is -2.49. The topological polar surface area (TPSA) is 73.9 Å². The van der Waals surface area contributed by atoms with Crippen LogP contribution in [0.1, 0.15) is 20.8 Å². The molecule has 2 aliphatic heterocycles. The second-order valence-corrected chi connectivity index (χ2v) is 8.24. The van der Waals surface area contributed by atoms with E-state index in [1.165, 1.54) is 0 Å². The molecule has 2 atom stereocenters. The molecule has 2 aliphatic rings. The molecule has 0 saturated carbocycles. The number of hydrogen-bond acceptors (Lipinski definition) is 5. The summed E-state index contributed by atoms with van der Waals surface area (Å²) in [6.45, 7) is 11.1. The SMILES string of the molecule is CC(C)CN1CCOC(CNC(=O)CN2CC(C)C(=O)Nc3ccccc32)C1. The number of amides is 2. The first kappa shape index (κ1) is 20.6. The van der Waals surface area contributed by atoms with Gasteiger partial charge in [0.25, 0.3) is 0 Å². The van der Waals surface area contributed by atoms with Crippen molar-refractivity contribution >= 4 is 23.2 Å². The van der Waals surface area contributed by atoms with Gasteiger partial charge in [-0.25, -0.2) is 0 Å². The largest absolute Gasteiger partial charge is 0.374 e. The van der Waals surface area contributed by atoms with Gasteiger partial charge in [0.05, 0.1) is 36.5 Å². The molecular formula is C21H32N4O3. The molecule has 28 heavy (non-hydrogen) atoms. The van der Waals surface area contributed by atoms with E-state index in [0.717, 1.165) is 31.0 Å². The van der Waals surface area contributed by atoms with Crippen LogP contribution in [0.25, 0.3) is 0 Å². The number of anilines is 2. The van der Waals surface area contributed by atoms with Crippen molar-refractivity contribution in [2.24, 2.45) is 11.8 Å². The third-order valence-electron chi connectivity index (χ3n) is 5.15. The van der Waals surface area contributed by atoms with Gasteiger partial charge in [-0.2, -0.15) is 0 Å². The standard InChI is InChI=1S/C21H32N4O3/c1-15(2)11-24-8-9-28-17(13-24)10-22-20(26)14-25-12-16(3)21(27)23-18-6-4-5-7-19(18)25/h4-7,15-17H,8-14H2,1-3H3,(H,22,26)(H,23,27). The highest BCUT2D eigenvalue weighted by Gasteiger charge is 2.26. The summed E-state index contributed by atoms with van der Waals surface area (Å²) in [6, 6.07) is 7.62. The second kappa shape index (κ2) is 9.39. The maximum absolute atomic E-state index is 12.6. The van der Waals surface area contributed by atoms with Gasteiger partial charge < -0.3 is 20.3 Å². The number of hydrogen-bond donors (Lipinski definition) is 2.